The first-order valence-corrected chi connectivity index (χ1v) is 8.37. The Morgan fingerprint density at radius 3 is 2.65 bits per heavy atom. The molecule has 108 valence electrons. The van der Waals surface area contributed by atoms with E-state index < -0.39 is 0 Å². The lowest BCUT2D eigenvalue weighted by molar-refractivity contribution is 0.242. The van der Waals surface area contributed by atoms with Gasteiger partial charge >= 0.3 is 0 Å². The van der Waals surface area contributed by atoms with E-state index in [9.17, 15) is 0 Å². The number of rotatable bonds is 6. The molecule has 0 radical (unpaired) electrons. The van der Waals surface area contributed by atoms with Crippen LogP contribution >= 0.6 is 27.3 Å². The summed E-state index contributed by atoms with van der Waals surface area (Å²) in [6, 6.07) is 12.9. The largest absolute Gasteiger partial charge is 0.491 e. The van der Waals surface area contributed by atoms with Crippen molar-refractivity contribution < 1.29 is 4.74 Å². The third kappa shape index (κ3) is 4.33. The third-order valence-corrected chi connectivity index (χ3v) is 4.66. The molecule has 0 fully saturated rings. The summed E-state index contributed by atoms with van der Waals surface area (Å²) < 4.78 is 6.95. The van der Waals surface area contributed by atoms with Crippen LogP contribution in [-0.2, 0) is 6.42 Å². The second kappa shape index (κ2) is 7.25. The number of thiophene rings is 1. The molecule has 4 heteroatoms. The number of hydrogen-bond acceptors (Lipinski definition) is 3. The summed E-state index contributed by atoms with van der Waals surface area (Å²) in [5.74, 6) is 0.935. The molecule has 1 unspecified atom stereocenters. The van der Waals surface area contributed by atoms with Gasteiger partial charge in [-0.15, -0.1) is 11.3 Å². The van der Waals surface area contributed by atoms with E-state index in [-0.39, 0.29) is 6.10 Å². The molecule has 0 aliphatic carbocycles. The minimum atomic E-state index is 0.200. The molecule has 20 heavy (non-hydrogen) atoms. The van der Waals surface area contributed by atoms with Gasteiger partial charge in [0.2, 0.25) is 0 Å². The highest BCUT2D eigenvalue weighted by atomic mass is 79.9. The molecule has 0 saturated heterocycles. The number of halogens is 1. The average Bonchev–Trinajstić information content (AvgIpc) is 2.81. The first-order chi connectivity index (χ1) is 9.58. The van der Waals surface area contributed by atoms with Crippen LogP contribution in [0.1, 0.15) is 30.3 Å². The van der Waals surface area contributed by atoms with Gasteiger partial charge in [-0.05, 0) is 66.7 Å². The molecule has 1 atom stereocenters. The Bertz CT molecular complexity index is 553. The maximum Gasteiger partial charge on any atom is 0.120 e. The first-order valence-electron chi connectivity index (χ1n) is 6.76. The van der Waals surface area contributed by atoms with E-state index in [1.807, 2.05) is 27.0 Å². The minimum absolute atomic E-state index is 0.200. The molecular formula is C16H20BrNOS. The summed E-state index contributed by atoms with van der Waals surface area (Å²) in [7, 11) is 2.00. The Hall–Kier alpha value is -0.840. The van der Waals surface area contributed by atoms with Gasteiger partial charge in [-0.1, -0.05) is 12.1 Å². The van der Waals surface area contributed by atoms with Crippen LogP contribution in [0.4, 0.5) is 0 Å². The number of nitrogens with one attached hydrogen (secondary N) is 1. The topological polar surface area (TPSA) is 21.3 Å². The highest BCUT2D eigenvalue weighted by Gasteiger charge is 2.12. The van der Waals surface area contributed by atoms with E-state index in [0.29, 0.717) is 6.04 Å². The van der Waals surface area contributed by atoms with E-state index in [4.69, 9.17) is 4.74 Å². The van der Waals surface area contributed by atoms with Crippen LogP contribution in [-0.4, -0.2) is 13.2 Å². The van der Waals surface area contributed by atoms with Crippen LogP contribution in [0.3, 0.4) is 0 Å². The second-order valence-electron chi connectivity index (χ2n) is 4.99. The summed E-state index contributed by atoms with van der Waals surface area (Å²) in [6.07, 6.45) is 1.18. The fourth-order valence-electron chi connectivity index (χ4n) is 2.13. The van der Waals surface area contributed by atoms with Crippen molar-refractivity contribution in [3.63, 3.8) is 0 Å². The van der Waals surface area contributed by atoms with Crippen molar-refractivity contribution in [1.29, 1.82) is 0 Å². The first kappa shape index (κ1) is 15.5. The van der Waals surface area contributed by atoms with E-state index in [1.54, 1.807) is 11.3 Å². The SMILES string of the molecule is CNC(Cc1ccc(Br)s1)c1cccc(OC(C)C)c1. The van der Waals surface area contributed by atoms with Crippen LogP contribution in [0, 0.1) is 0 Å². The Balaban J connectivity index is 2.14. The van der Waals surface area contributed by atoms with Crippen molar-refractivity contribution in [2.24, 2.45) is 0 Å². The molecule has 0 aliphatic heterocycles. The van der Waals surface area contributed by atoms with Gasteiger partial charge in [0.25, 0.3) is 0 Å². The molecule has 0 saturated carbocycles. The summed E-state index contributed by atoms with van der Waals surface area (Å²) in [6.45, 7) is 4.09. The van der Waals surface area contributed by atoms with E-state index in [0.717, 1.165) is 12.2 Å². The summed E-state index contributed by atoms with van der Waals surface area (Å²) in [5, 5.41) is 3.39. The zero-order chi connectivity index (χ0) is 14.5. The summed E-state index contributed by atoms with van der Waals surface area (Å²) in [4.78, 5) is 1.37. The quantitative estimate of drug-likeness (QED) is 0.805. The Kier molecular flexibility index (Phi) is 5.64. The van der Waals surface area contributed by atoms with Crippen LogP contribution < -0.4 is 10.1 Å². The molecule has 0 bridgehead atoms. The molecule has 1 heterocycles. The fourth-order valence-corrected chi connectivity index (χ4v) is 3.65. The molecule has 2 nitrogen and oxygen atoms in total. The highest BCUT2D eigenvalue weighted by molar-refractivity contribution is 9.11. The highest BCUT2D eigenvalue weighted by Crippen LogP contribution is 2.28. The fraction of sp³-hybridized carbons (Fsp3) is 0.375. The van der Waals surface area contributed by atoms with Crippen molar-refractivity contribution in [2.45, 2.75) is 32.4 Å². The van der Waals surface area contributed by atoms with Gasteiger partial charge in [0.05, 0.1) is 9.89 Å². The number of likely N-dealkylation sites (N-methyl/N-ethyl adjacent to an activating group) is 1. The van der Waals surface area contributed by atoms with E-state index in [1.165, 1.54) is 14.2 Å². The third-order valence-electron chi connectivity index (χ3n) is 3.01. The van der Waals surface area contributed by atoms with Gasteiger partial charge in [0.1, 0.15) is 5.75 Å². The monoisotopic (exact) mass is 353 g/mol. The zero-order valence-electron chi connectivity index (χ0n) is 12.0. The molecule has 2 rings (SSSR count). The van der Waals surface area contributed by atoms with Crippen LogP contribution in [0.2, 0.25) is 0 Å². The van der Waals surface area contributed by atoms with Crippen molar-refractivity contribution >= 4 is 27.3 Å². The van der Waals surface area contributed by atoms with E-state index in [2.05, 4.69) is 51.6 Å². The average molecular weight is 354 g/mol. The predicted molar refractivity (Wildman–Crippen MR) is 89.7 cm³/mol. The Labute approximate surface area is 133 Å². The van der Waals surface area contributed by atoms with Gasteiger partial charge in [0, 0.05) is 17.3 Å². The van der Waals surface area contributed by atoms with Gasteiger partial charge < -0.3 is 10.1 Å². The van der Waals surface area contributed by atoms with Gasteiger partial charge in [-0.3, -0.25) is 0 Å². The zero-order valence-corrected chi connectivity index (χ0v) is 14.4. The maximum absolute atomic E-state index is 5.77. The van der Waals surface area contributed by atoms with E-state index >= 15 is 0 Å². The lowest BCUT2D eigenvalue weighted by atomic mass is 10.0. The second-order valence-corrected chi connectivity index (χ2v) is 7.54. The molecule has 0 aliphatic rings. The van der Waals surface area contributed by atoms with Crippen LogP contribution in [0.5, 0.6) is 5.75 Å². The summed E-state index contributed by atoms with van der Waals surface area (Å²) in [5.41, 5.74) is 1.26. The number of benzene rings is 1. The maximum atomic E-state index is 5.77. The standard InChI is InChI=1S/C16H20BrNOS/c1-11(2)19-13-6-4-5-12(9-13)15(18-3)10-14-7-8-16(17)20-14/h4-9,11,15,18H,10H2,1-3H3. The molecule has 1 N–H and O–H groups in total. The Morgan fingerprint density at radius 2 is 2.05 bits per heavy atom. The van der Waals surface area contributed by atoms with Crippen molar-refractivity contribution in [3.8, 4) is 5.75 Å². The van der Waals surface area contributed by atoms with Gasteiger partial charge in [0.15, 0.2) is 0 Å². The number of hydrogen-bond donors (Lipinski definition) is 1. The van der Waals surface area contributed by atoms with Crippen molar-refractivity contribution in [2.75, 3.05) is 7.05 Å². The minimum Gasteiger partial charge on any atom is -0.491 e. The summed E-state index contributed by atoms with van der Waals surface area (Å²) >= 11 is 5.30. The van der Waals surface area contributed by atoms with Crippen molar-refractivity contribution in [3.05, 3.63) is 50.6 Å². The molecule has 2 aromatic rings. The predicted octanol–water partition coefficient (Wildman–Crippen LogP) is 4.80. The Morgan fingerprint density at radius 1 is 1.25 bits per heavy atom. The van der Waals surface area contributed by atoms with Gasteiger partial charge in [-0.2, -0.15) is 0 Å². The molecule has 1 aromatic heterocycles. The lowest BCUT2D eigenvalue weighted by Gasteiger charge is -2.18. The molecular weight excluding hydrogens is 334 g/mol. The number of ether oxygens (including phenoxy) is 1. The van der Waals surface area contributed by atoms with Crippen LogP contribution in [0.25, 0.3) is 0 Å². The van der Waals surface area contributed by atoms with Gasteiger partial charge in [-0.25, -0.2) is 0 Å². The van der Waals surface area contributed by atoms with Crippen molar-refractivity contribution in [1.82, 2.24) is 5.32 Å². The molecule has 1 aromatic carbocycles. The molecule has 0 amide bonds. The lowest BCUT2D eigenvalue weighted by Crippen LogP contribution is -2.18. The normalized spacial score (nSPS) is 12.7. The molecule has 0 spiro atoms. The smallest absolute Gasteiger partial charge is 0.120 e. The van der Waals surface area contributed by atoms with Crippen LogP contribution in [0.15, 0.2) is 40.2 Å².